The highest BCUT2D eigenvalue weighted by Crippen LogP contribution is 2.31. The van der Waals surface area contributed by atoms with E-state index in [4.69, 9.17) is 13.2 Å². The molecule has 0 aliphatic carbocycles. The lowest BCUT2D eigenvalue weighted by molar-refractivity contribution is -0.663. The number of piperidine rings is 2. The quantitative estimate of drug-likeness (QED) is 0.256. The summed E-state index contributed by atoms with van der Waals surface area (Å²) in [5, 5.41) is 6.01. The average molecular weight is 534 g/mol. The molecule has 2 unspecified atom stereocenters. The summed E-state index contributed by atoms with van der Waals surface area (Å²) in [5.74, 6) is -0.789. The first-order valence-electron chi connectivity index (χ1n) is 13.0. The van der Waals surface area contributed by atoms with E-state index in [2.05, 4.69) is 17.6 Å². The lowest BCUT2D eigenvalue weighted by Crippen LogP contribution is -2.87. The number of rotatable bonds is 13. The lowest BCUT2D eigenvalue weighted by atomic mass is 9.95. The zero-order chi connectivity index (χ0) is 26.3. The number of quaternary nitrogens is 1. The average Bonchev–Trinajstić information content (AvgIpc) is 3.07. The number of urea groups is 1. The molecule has 0 spiro atoms. The maximum atomic E-state index is 12.9. The summed E-state index contributed by atoms with van der Waals surface area (Å²) >= 11 is 0. The van der Waals surface area contributed by atoms with Gasteiger partial charge in [-0.1, -0.05) is 26.2 Å². The molecule has 2 atom stereocenters. The Bertz CT molecular complexity index is 891. The topological polar surface area (TPSA) is 148 Å². The number of unbranched alkanes of at least 4 members (excludes halogenated alkanes) is 3. The molecule has 36 heavy (non-hydrogen) atoms. The van der Waals surface area contributed by atoms with Gasteiger partial charge in [0.25, 0.3) is 0 Å². The molecule has 0 aromatic rings. The zero-order valence-electron chi connectivity index (χ0n) is 21.6. The predicted octanol–water partition coefficient (Wildman–Crippen LogP) is 0.440. The maximum absolute atomic E-state index is 12.9. The maximum Gasteiger partial charge on any atom is 0.421 e. The summed E-state index contributed by atoms with van der Waals surface area (Å²) in [5.41, 5.74) is -1.23. The smallest absolute Gasteiger partial charge is 0.421 e. The van der Waals surface area contributed by atoms with E-state index >= 15 is 0 Å². The normalized spacial score (nSPS) is 23.1. The molecule has 3 rings (SSSR count). The van der Waals surface area contributed by atoms with E-state index in [-0.39, 0.29) is 25.1 Å². The number of hydrogen-bond acceptors (Lipinski definition) is 8. The number of amides is 3. The second kappa shape index (κ2) is 12.5. The van der Waals surface area contributed by atoms with Crippen molar-refractivity contribution < 1.29 is 41.3 Å². The summed E-state index contributed by atoms with van der Waals surface area (Å²) in [6, 6.07) is -1.77. The van der Waals surface area contributed by atoms with Crippen LogP contribution in [0.1, 0.15) is 72.1 Å². The van der Waals surface area contributed by atoms with Crippen LogP contribution in [0.3, 0.4) is 0 Å². The Labute approximate surface area is 213 Å². The van der Waals surface area contributed by atoms with Gasteiger partial charge < -0.3 is 20.3 Å². The van der Waals surface area contributed by atoms with Crippen molar-refractivity contribution in [3.8, 4) is 0 Å². The van der Waals surface area contributed by atoms with Gasteiger partial charge in [0, 0.05) is 25.4 Å². The van der Waals surface area contributed by atoms with Crippen LogP contribution in [0.2, 0.25) is 0 Å². The van der Waals surface area contributed by atoms with Crippen LogP contribution in [-0.4, -0.2) is 87.3 Å². The molecule has 3 aliphatic rings. The van der Waals surface area contributed by atoms with Crippen LogP contribution < -0.4 is 10.6 Å². The summed E-state index contributed by atoms with van der Waals surface area (Å²) < 4.78 is 40.2. The first-order chi connectivity index (χ1) is 17.0. The summed E-state index contributed by atoms with van der Waals surface area (Å²) in [6.45, 7) is 6.99. The van der Waals surface area contributed by atoms with Crippen LogP contribution in [-0.2, 0) is 33.2 Å². The van der Waals surface area contributed by atoms with Crippen molar-refractivity contribution in [1.82, 2.24) is 15.3 Å². The largest absolute Gasteiger partial charge is 0.465 e. The van der Waals surface area contributed by atoms with E-state index in [1.807, 2.05) is 0 Å². The van der Waals surface area contributed by atoms with Crippen molar-refractivity contribution in [1.29, 1.82) is 0 Å². The van der Waals surface area contributed by atoms with Gasteiger partial charge in [0.1, 0.15) is 6.04 Å². The molecule has 2 bridgehead atoms. The van der Waals surface area contributed by atoms with Gasteiger partial charge in [-0.05, 0) is 33.1 Å². The Hall–Kier alpha value is -1.96. The summed E-state index contributed by atoms with van der Waals surface area (Å²) in [7, 11) is -4.63. The minimum absolute atomic E-state index is 0.0884. The third kappa shape index (κ3) is 7.53. The molecular formula is C23H41N4O8S+. The first kappa shape index (κ1) is 28.6. The highest BCUT2D eigenvalue weighted by molar-refractivity contribution is 7.81. The fraction of sp³-hybridized carbons (Fsp3) is 0.870. The third-order valence-electron chi connectivity index (χ3n) is 6.93. The second-order valence-corrected chi connectivity index (χ2v) is 11.7. The summed E-state index contributed by atoms with van der Waals surface area (Å²) in [6.07, 6.45) is 6.40. The van der Waals surface area contributed by atoms with Crippen molar-refractivity contribution in [2.24, 2.45) is 5.41 Å². The van der Waals surface area contributed by atoms with Crippen molar-refractivity contribution >= 4 is 28.3 Å². The van der Waals surface area contributed by atoms with Crippen molar-refractivity contribution in [2.45, 2.75) is 90.3 Å². The molecule has 3 N–H and O–H groups in total. The summed E-state index contributed by atoms with van der Waals surface area (Å²) in [4.78, 5) is 39.5. The van der Waals surface area contributed by atoms with E-state index in [9.17, 15) is 22.8 Å². The van der Waals surface area contributed by atoms with Crippen molar-refractivity contribution in [3.05, 3.63) is 0 Å². The van der Waals surface area contributed by atoms with Gasteiger partial charge in [0.2, 0.25) is 5.91 Å². The van der Waals surface area contributed by atoms with Crippen molar-refractivity contribution in [2.75, 3.05) is 32.8 Å². The molecule has 3 fully saturated rings. The molecule has 0 aromatic heterocycles. The molecule has 3 amide bonds. The standard InChI is InChI=1S/C23H40N4O8S/c1-4-5-6-7-14-33-21(29)23(2,3)16-34-36(31,32)35-27-18-8-9-19(26(15-18)22(27)30)20(28)25-17-10-12-24-13-11-17/h17-19,24H,4-16H2,1-3H3,(H,25,28)/p+1. The molecule has 12 nitrogen and oxygen atoms in total. The highest BCUT2D eigenvalue weighted by Gasteiger charge is 2.50. The first-order valence-corrected chi connectivity index (χ1v) is 14.4. The number of nitrogens with two attached hydrogens (primary N) is 1. The lowest BCUT2D eigenvalue weighted by Gasteiger charge is -2.31. The van der Waals surface area contributed by atoms with Crippen LogP contribution >= 0.6 is 0 Å². The number of esters is 1. The number of carbonyl (C=O) groups excluding carboxylic acids is 3. The predicted molar refractivity (Wildman–Crippen MR) is 128 cm³/mol. The molecule has 3 saturated heterocycles. The Balaban J connectivity index is 1.49. The SMILES string of the molecule is CCCCCCOC(=O)C(C)(C)COS(=O)(=O)ON1C(=O)N2CC1CCC2C(=O)NC1CC[NH2+]CC1. The molecule has 0 saturated carbocycles. The van der Waals surface area contributed by atoms with Gasteiger partial charge in [0.05, 0.1) is 37.8 Å². The van der Waals surface area contributed by atoms with E-state index in [0.29, 0.717) is 12.8 Å². The van der Waals surface area contributed by atoms with Crippen LogP contribution in [0.5, 0.6) is 0 Å². The number of hydroxylamine groups is 2. The molecule has 0 aromatic carbocycles. The minimum atomic E-state index is -4.63. The fourth-order valence-electron chi connectivity index (χ4n) is 4.66. The molecule has 3 aliphatic heterocycles. The van der Waals surface area contributed by atoms with Gasteiger partial charge in [-0.25, -0.2) is 8.98 Å². The monoisotopic (exact) mass is 533 g/mol. The number of fused-ring (bicyclic) bond motifs is 2. The Morgan fingerprint density at radius 3 is 2.53 bits per heavy atom. The van der Waals surface area contributed by atoms with Crippen LogP contribution in [0.25, 0.3) is 0 Å². The van der Waals surface area contributed by atoms with Gasteiger partial charge in [-0.15, -0.1) is 4.28 Å². The molecule has 13 heteroatoms. The van der Waals surface area contributed by atoms with E-state index < -0.39 is 46.5 Å². The van der Waals surface area contributed by atoms with Crippen LogP contribution in [0.4, 0.5) is 4.79 Å². The van der Waals surface area contributed by atoms with E-state index in [1.165, 1.54) is 18.7 Å². The number of ether oxygens (including phenoxy) is 1. The Kier molecular flexibility index (Phi) is 9.95. The van der Waals surface area contributed by atoms with Gasteiger partial charge in [-0.3, -0.25) is 9.59 Å². The second-order valence-electron chi connectivity index (χ2n) is 10.5. The molecular weight excluding hydrogens is 492 g/mol. The Morgan fingerprint density at radius 1 is 1.11 bits per heavy atom. The fourth-order valence-corrected chi connectivity index (χ4v) is 5.52. The van der Waals surface area contributed by atoms with Gasteiger partial charge in [-0.2, -0.15) is 13.5 Å². The van der Waals surface area contributed by atoms with E-state index in [0.717, 1.165) is 56.7 Å². The Morgan fingerprint density at radius 2 is 1.83 bits per heavy atom. The number of carbonyl (C=O) groups is 3. The number of hydrogen-bond donors (Lipinski definition) is 2. The number of nitrogens with zero attached hydrogens (tertiary/aromatic N) is 2. The molecule has 0 radical (unpaired) electrons. The molecule has 3 heterocycles. The van der Waals surface area contributed by atoms with Crippen LogP contribution in [0.15, 0.2) is 0 Å². The third-order valence-corrected chi connectivity index (χ3v) is 7.68. The van der Waals surface area contributed by atoms with Gasteiger partial charge >= 0.3 is 22.4 Å². The zero-order valence-corrected chi connectivity index (χ0v) is 22.4. The van der Waals surface area contributed by atoms with E-state index in [1.54, 1.807) is 0 Å². The highest BCUT2D eigenvalue weighted by atomic mass is 32.3. The minimum Gasteiger partial charge on any atom is -0.465 e. The van der Waals surface area contributed by atoms with Crippen molar-refractivity contribution in [3.63, 3.8) is 0 Å². The van der Waals surface area contributed by atoms with Gasteiger partial charge in [0.15, 0.2) is 0 Å². The number of nitrogens with one attached hydrogen (secondary N) is 1. The van der Waals surface area contributed by atoms with Crippen LogP contribution in [0, 0.1) is 5.41 Å². The molecule has 206 valence electrons.